The quantitative estimate of drug-likeness (QED) is 0.348. The second-order valence-electron chi connectivity index (χ2n) is 10.2. The number of aliphatic hydroxyl groups excluding tert-OH is 1. The summed E-state index contributed by atoms with van der Waals surface area (Å²) in [5, 5.41) is 21.2. The molecule has 2 amide bonds. The first-order valence-corrected chi connectivity index (χ1v) is 12.2. The van der Waals surface area contributed by atoms with Gasteiger partial charge in [-0.05, 0) is 61.1 Å². The van der Waals surface area contributed by atoms with Crippen molar-refractivity contribution in [3.63, 3.8) is 0 Å². The maximum Gasteiger partial charge on any atom is 0.320 e. The lowest BCUT2D eigenvalue weighted by Gasteiger charge is -2.40. The predicted octanol–water partition coefficient (Wildman–Crippen LogP) is 5.13. The molecular formula is C28H28F2N6O2. The Kier molecular flexibility index (Phi) is 6.44. The van der Waals surface area contributed by atoms with Gasteiger partial charge < -0.3 is 10.4 Å². The van der Waals surface area contributed by atoms with Crippen LogP contribution in [0.4, 0.5) is 19.4 Å². The van der Waals surface area contributed by atoms with E-state index in [0.717, 1.165) is 12.1 Å². The Bertz CT molecular complexity index is 1500. The van der Waals surface area contributed by atoms with Crippen LogP contribution in [-0.2, 0) is 5.41 Å². The van der Waals surface area contributed by atoms with Crippen LogP contribution < -0.4 is 10.6 Å². The minimum atomic E-state index is -1.04. The molecular weight excluding hydrogens is 490 g/mol. The smallest absolute Gasteiger partial charge is 0.320 e. The van der Waals surface area contributed by atoms with E-state index in [0.29, 0.717) is 45.3 Å². The summed E-state index contributed by atoms with van der Waals surface area (Å²) in [6.45, 7) is 7.31. The summed E-state index contributed by atoms with van der Waals surface area (Å²) in [7, 11) is 0. The number of rotatable bonds is 4. The molecule has 5 rings (SSSR count). The highest BCUT2D eigenvalue weighted by molar-refractivity contribution is 5.91. The van der Waals surface area contributed by atoms with Crippen LogP contribution in [0, 0.1) is 25.5 Å². The molecule has 0 saturated carbocycles. The predicted molar refractivity (Wildman–Crippen MR) is 139 cm³/mol. The van der Waals surface area contributed by atoms with Gasteiger partial charge in [-0.1, -0.05) is 32.0 Å². The zero-order valence-electron chi connectivity index (χ0n) is 21.5. The van der Waals surface area contributed by atoms with E-state index in [9.17, 15) is 18.7 Å². The van der Waals surface area contributed by atoms with E-state index in [-0.39, 0.29) is 6.42 Å². The number of halogens is 2. The van der Waals surface area contributed by atoms with E-state index < -0.39 is 35.2 Å². The van der Waals surface area contributed by atoms with Gasteiger partial charge in [0.05, 0.1) is 17.8 Å². The van der Waals surface area contributed by atoms with Gasteiger partial charge in [-0.3, -0.25) is 5.32 Å². The van der Waals surface area contributed by atoms with Crippen LogP contribution in [0.2, 0.25) is 0 Å². The zero-order valence-corrected chi connectivity index (χ0v) is 21.5. The summed E-state index contributed by atoms with van der Waals surface area (Å²) in [6.07, 6.45) is 2.59. The number of anilines is 1. The molecule has 0 radical (unpaired) electrons. The number of hydrogen-bond donors (Lipinski definition) is 3. The molecule has 2 heterocycles. The van der Waals surface area contributed by atoms with Crippen LogP contribution in [0.3, 0.4) is 0 Å². The van der Waals surface area contributed by atoms with Crippen molar-refractivity contribution in [1.82, 2.24) is 25.1 Å². The van der Waals surface area contributed by atoms with E-state index in [1.54, 1.807) is 24.0 Å². The minimum Gasteiger partial charge on any atom is -0.391 e. The van der Waals surface area contributed by atoms with E-state index in [4.69, 9.17) is 5.10 Å². The number of carbonyl (C=O) groups excluding carboxylic acids is 1. The summed E-state index contributed by atoms with van der Waals surface area (Å²) in [6, 6.07) is 9.92. The summed E-state index contributed by atoms with van der Waals surface area (Å²) in [5.41, 5.74) is 2.94. The molecule has 0 spiro atoms. The zero-order chi connectivity index (χ0) is 27.2. The van der Waals surface area contributed by atoms with Gasteiger partial charge in [-0.2, -0.15) is 5.10 Å². The van der Waals surface area contributed by atoms with Crippen LogP contribution in [-0.4, -0.2) is 37.0 Å². The monoisotopic (exact) mass is 518 g/mol. The Labute approximate surface area is 218 Å². The molecule has 0 aliphatic heterocycles. The molecule has 2 aromatic heterocycles. The fourth-order valence-corrected chi connectivity index (χ4v) is 5.01. The molecule has 0 bridgehead atoms. The molecule has 10 heteroatoms. The van der Waals surface area contributed by atoms with Gasteiger partial charge in [0.25, 0.3) is 0 Å². The van der Waals surface area contributed by atoms with E-state index in [2.05, 4.69) is 20.6 Å². The largest absolute Gasteiger partial charge is 0.391 e. The molecule has 4 aromatic rings. The Morgan fingerprint density at radius 1 is 1.08 bits per heavy atom. The van der Waals surface area contributed by atoms with Crippen molar-refractivity contribution in [2.75, 3.05) is 5.32 Å². The number of aryl methyl sites for hydroxylation is 1. The molecule has 196 valence electrons. The van der Waals surface area contributed by atoms with Gasteiger partial charge in [0.15, 0.2) is 11.6 Å². The van der Waals surface area contributed by atoms with Gasteiger partial charge in [-0.25, -0.2) is 28.2 Å². The van der Waals surface area contributed by atoms with Crippen molar-refractivity contribution >= 4 is 11.8 Å². The van der Waals surface area contributed by atoms with Crippen LogP contribution in [0.15, 0.2) is 54.9 Å². The highest BCUT2D eigenvalue weighted by Crippen LogP contribution is 2.42. The highest BCUT2D eigenvalue weighted by atomic mass is 19.2. The third-order valence-electron chi connectivity index (χ3n) is 6.96. The number of aromatic nitrogens is 4. The van der Waals surface area contributed by atoms with Gasteiger partial charge >= 0.3 is 6.03 Å². The molecule has 0 saturated heterocycles. The summed E-state index contributed by atoms with van der Waals surface area (Å²) in [5.74, 6) is -0.979. The fraction of sp³-hybridized carbons (Fsp3) is 0.286. The van der Waals surface area contributed by atoms with Crippen LogP contribution in [0.1, 0.15) is 48.8 Å². The first-order chi connectivity index (χ1) is 18.0. The number of carbonyl (C=O) groups is 1. The lowest BCUT2D eigenvalue weighted by molar-refractivity contribution is 0.0878. The Morgan fingerprint density at radius 2 is 1.74 bits per heavy atom. The fourth-order valence-electron chi connectivity index (χ4n) is 5.01. The average molecular weight is 519 g/mol. The number of amides is 2. The summed E-state index contributed by atoms with van der Waals surface area (Å²) < 4.78 is 29.9. The maximum absolute atomic E-state index is 14.2. The molecule has 1 aliphatic carbocycles. The SMILES string of the molecule is Cc1ncc(-c2nn(-c3ccccc3)c(NC(=O)N[C@@H]3c4cc(F)c(F)cc4C(C)(C)C[C@H]3O)c2C)cn1. The first kappa shape index (κ1) is 25.5. The van der Waals surface area contributed by atoms with Crippen molar-refractivity contribution in [1.29, 1.82) is 0 Å². The normalized spacial score (nSPS) is 18.1. The van der Waals surface area contributed by atoms with Crippen molar-refractivity contribution in [3.8, 4) is 16.9 Å². The maximum atomic E-state index is 14.2. The van der Waals surface area contributed by atoms with E-state index in [1.807, 2.05) is 51.1 Å². The Morgan fingerprint density at radius 3 is 2.42 bits per heavy atom. The number of hydrogen-bond acceptors (Lipinski definition) is 5. The van der Waals surface area contributed by atoms with Crippen molar-refractivity contribution in [2.45, 2.75) is 51.7 Å². The van der Waals surface area contributed by atoms with Gasteiger partial charge in [0.1, 0.15) is 17.3 Å². The second-order valence-corrected chi connectivity index (χ2v) is 10.2. The molecule has 0 unspecified atom stereocenters. The van der Waals surface area contributed by atoms with Crippen LogP contribution in [0.25, 0.3) is 16.9 Å². The van der Waals surface area contributed by atoms with Crippen molar-refractivity contribution < 1.29 is 18.7 Å². The molecule has 0 fully saturated rings. The number of urea groups is 1. The topological polar surface area (TPSA) is 105 Å². The third-order valence-corrected chi connectivity index (χ3v) is 6.96. The number of nitrogens with zero attached hydrogens (tertiary/aromatic N) is 4. The second kappa shape index (κ2) is 9.60. The average Bonchev–Trinajstić information content (AvgIpc) is 3.19. The van der Waals surface area contributed by atoms with Gasteiger partial charge in [-0.15, -0.1) is 0 Å². The number of nitrogens with one attached hydrogen (secondary N) is 2. The summed E-state index contributed by atoms with van der Waals surface area (Å²) >= 11 is 0. The van der Waals surface area contributed by atoms with Crippen molar-refractivity contribution in [2.24, 2.45) is 0 Å². The number of benzene rings is 2. The summed E-state index contributed by atoms with van der Waals surface area (Å²) in [4.78, 5) is 21.8. The van der Waals surface area contributed by atoms with Gasteiger partial charge in [0, 0.05) is 23.5 Å². The molecule has 38 heavy (non-hydrogen) atoms. The van der Waals surface area contributed by atoms with Gasteiger partial charge in [0.2, 0.25) is 0 Å². The minimum absolute atomic E-state index is 0.258. The van der Waals surface area contributed by atoms with E-state index in [1.165, 1.54) is 0 Å². The van der Waals surface area contributed by atoms with E-state index >= 15 is 0 Å². The third kappa shape index (κ3) is 4.63. The highest BCUT2D eigenvalue weighted by Gasteiger charge is 2.40. The number of aliphatic hydroxyl groups is 1. The number of para-hydroxylation sites is 1. The Hall–Kier alpha value is -4.18. The molecule has 1 aliphatic rings. The van der Waals surface area contributed by atoms with Crippen LogP contribution >= 0.6 is 0 Å². The molecule has 2 atom stereocenters. The first-order valence-electron chi connectivity index (χ1n) is 12.2. The van der Waals surface area contributed by atoms with Crippen molar-refractivity contribution in [3.05, 3.63) is 89.0 Å². The Balaban J connectivity index is 1.50. The van der Waals surface area contributed by atoms with Crippen LogP contribution in [0.5, 0.6) is 0 Å². The molecule has 3 N–H and O–H groups in total. The lowest BCUT2D eigenvalue weighted by atomic mass is 9.69. The molecule has 8 nitrogen and oxygen atoms in total. The standard InChI is InChI=1S/C28H28F2N6O2/c1-15-24(17-13-31-16(2)32-14-17)35-36(18-8-6-5-7-9-18)26(15)34-27(38)33-25-19-10-21(29)22(30)11-20(19)28(3,4)12-23(25)37/h5-11,13-14,23,25,37H,12H2,1-4H3,(H2,33,34,38)/t23-,25-/m1/s1. The number of fused-ring (bicyclic) bond motifs is 1. The lowest BCUT2D eigenvalue weighted by Crippen LogP contribution is -2.45. The molecule has 2 aromatic carbocycles.